The van der Waals surface area contributed by atoms with Gasteiger partial charge in [-0.2, -0.15) is 0 Å². The molecule has 0 radical (unpaired) electrons. The maximum atomic E-state index is 11.3. The van der Waals surface area contributed by atoms with Crippen molar-refractivity contribution in [1.29, 1.82) is 0 Å². The number of benzene rings is 2. The van der Waals surface area contributed by atoms with Crippen molar-refractivity contribution in [2.24, 2.45) is 0 Å². The Morgan fingerprint density at radius 3 is 2.62 bits per heavy atom. The van der Waals surface area contributed by atoms with Crippen LogP contribution in [-0.4, -0.2) is 11.1 Å². The van der Waals surface area contributed by atoms with Gasteiger partial charge in [-0.15, -0.1) is 0 Å². The van der Waals surface area contributed by atoms with Crippen LogP contribution in [0, 0.1) is 6.92 Å². The maximum Gasteiger partial charge on any atom is 0.339 e. The summed E-state index contributed by atoms with van der Waals surface area (Å²) in [6, 6.07) is 8.38. The van der Waals surface area contributed by atoms with Crippen LogP contribution < -0.4 is 4.74 Å². The Balaban J connectivity index is 2.29. The predicted octanol–water partition coefficient (Wildman–Crippen LogP) is 5.34. The van der Waals surface area contributed by atoms with E-state index in [0.717, 1.165) is 11.1 Å². The number of rotatable bonds is 4. The van der Waals surface area contributed by atoms with Crippen molar-refractivity contribution >= 4 is 45.1 Å². The summed E-state index contributed by atoms with van der Waals surface area (Å²) < 4.78 is 6.35. The molecule has 2 aromatic carbocycles. The lowest BCUT2D eigenvalue weighted by atomic mass is 10.1. The number of hydrogen-bond acceptors (Lipinski definition) is 2. The number of halogens is 3. The van der Waals surface area contributed by atoms with Gasteiger partial charge in [-0.3, -0.25) is 0 Å². The zero-order valence-electron chi connectivity index (χ0n) is 11.0. The standard InChI is InChI=1S/C15H11BrCl2O3/c1-8-4-10(16)5-12(15(19)20)14(8)21-7-9-2-3-11(17)6-13(9)18/h2-6H,7H2,1H3,(H,19,20). The summed E-state index contributed by atoms with van der Waals surface area (Å²) in [7, 11) is 0. The van der Waals surface area contributed by atoms with E-state index in [-0.39, 0.29) is 12.2 Å². The molecule has 0 aliphatic rings. The van der Waals surface area contributed by atoms with E-state index in [1.165, 1.54) is 6.07 Å². The lowest BCUT2D eigenvalue weighted by molar-refractivity contribution is 0.0691. The highest BCUT2D eigenvalue weighted by molar-refractivity contribution is 9.10. The minimum atomic E-state index is -1.04. The molecule has 0 saturated heterocycles. The fraction of sp³-hybridized carbons (Fsp3) is 0.133. The third-order valence-electron chi connectivity index (χ3n) is 2.86. The molecule has 0 heterocycles. The van der Waals surface area contributed by atoms with Crippen LogP contribution in [0.5, 0.6) is 5.75 Å². The van der Waals surface area contributed by atoms with E-state index in [9.17, 15) is 9.90 Å². The molecular weight excluding hydrogens is 379 g/mol. The van der Waals surface area contributed by atoms with E-state index in [0.29, 0.717) is 20.3 Å². The second-order valence-corrected chi connectivity index (χ2v) is 6.19. The minimum Gasteiger partial charge on any atom is -0.488 e. The first-order chi connectivity index (χ1) is 9.88. The molecule has 6 heteroatoms. The highest BCUT2D eigenvalue weighted by Crippen LogP contribution is 2.30. The van der Waals surface area contributed by atoms with Crippen LogP contribution in [0.4, 0.5) is 0 Å². The maximum absolute atomic E-state index is 11.3. The second-order valence-electron chi connectivity index (χ2n) is 4.43. The highest BCUT2D eigenvalue weighted by Gasteiger charge is 2.16. The van der Waals surface area contributed by atoms with Gasteiger partial charge in [0.25, 0.3) is 0 Å². The molecule has 0 aliphatic heterocycles. The molecule has 3 nitrogen and oxygen atoms in total. The Morgan fingerprint density at radius 1 is 1.29 bits per heavy atom. The van der Waals surface area contributed by atoms with Gasteiger partial charge in [-0.1, -0.05) is 45.2 Å². The fourth-order valence-electron chi connectivity index (χ4n) is 1.87. The van der Waals surface area contributed by atoms with Crippen molar-refractivity contribution in [3.63, 3.8) is 0 Å². The van der Waals surface area contributed by atoms with Crippen molar-refractivity contribution in [2.45, 2.75) is 13.5 Å². The number of hydrogen-bond donors (Lipinski definition) is 1. The molecule has 0 fully saturated rings. The van der Waals surface area contributed by atoms with Gasteiger partial charge in [0.2, 0.25) is 0 Å². The lowest BCUT2D eigenvalue weighted by Gasteiger charge is -2.13. The third-order valence-corrected chi connectivity index (χ3v) is 3.90. The zero-order valence-corrected chi connectivity index (χ0v) is 14.1. The Kier molecular flexibility index (Phi) is 5.14. The Morgan fingerprint density at radius 2 is 2.00 bits per heavy atom. The van der Waals surface area contributed by atoms with E-state index in [1.54, 1.807) is 31.2 Å². The van der Waals surface area contributed by atoms with Gasteiger partial charge in [0, 0.05) is 20.1 Å². The third kappa shape index (κ3) is 3.90. The molecule has 21 heavy (non-hydrogen) atoms. The van der Waals surface area contributed by atoms with E-state index in [1.807, 2.05) is 0 Å². The number of aryl methyl sites for hydroxylation is 1. The molecule has 0 unspecified atom stereocenters. The SMILES string of the molecule is Cc1cc(Br)cc(C(=O)O)c1OCc1ccc(Cl)cc1Cl. The number of aromatic carboxylic acids is 1. The summed E-state index contributed by atoms with van der Waals surface area (Å²) in [6.07, 6.45) is 0. The average molecular weight is 390 g/mol. The minimum absolute atomic E-state index is 0.104. The Hall–Kier alpha value is -1.23. The first-order valence-corrected chi connectivity index (χ1v) is 7.53. The summed E-state index contributed by atoms with van der Waals surface area (Å²) in [4.78, 5) is 11.3. The molecule has 2 rings (SSSR count). The van der Waals surface area contributed by atoms with Crippen LogP contribution >= 0.6 is 39.1 Å². The van der Waals surface area contributed by atoms with Gasteiger partial charge in [0.1, 0.15) is 17.9 Å². The first kappa shape index (κ1) is 16.1. The first-order valence-electron chi connectivity index (χ1n) is 5.98. The molecule has 110 valence electrons. The summed E-state index contributed by atoms with van der Waals surface area (Å²) in [5.74, 6) is -0.715. The molecule has 0 atom stereocenters. The molecule has 0 aliphatic carbocycles. The van der Waals surface area contributed by atoms with E-state index >= 15 is 0 Å². The summed E-state index contributed by atoms with van der Waals surface area (Å²) in [6.45, 7) is 1.95. The molecule has 0 saturated carbocycles. The largest absolute Gasteiger partial charge is 0.488 e. The fourth-order valence-corrected chi connectivity index (χ4v) is 2.90. The predicted molar refractivity (Wildman–Crippen MR) is 86.6 cm³/mol. The summed E-state index contributed by atoms with van der Waals surface area (Å²) in [5, 5.41) is 10.3. The zero-order chi connectivity index (χ0) is 15.6. The van der Waals surface area contributed by atoms with Crippen LogP contribution in [0.2, 0.25) is 10.0 Å². The van der Waals surface area contributed by atoms with Crippen LogP contribution in [0.15, 0.2) is 34.8 Å². The van der Waals surface area contributed by atoms with Gasteiger partial charge < -0.3 is 9.84 Å². The van der Waals surface area contributed by atoms with Crippen LogP contribution in [-0.2, 0) is 6.61 Å². The quantitative estimate of drug-likeness (QED) is 0.767. The molecule has 1 N–H and O–H groups in total. The van der Waals surface area contributed by atoms with Crippen LogP contribution in [0.1, 0.15) is 21.5 Å². The van der Waals surface area contributed by atoms with Crippen molar-refractivity contribution in [1.82, 2.24) is 0 Å². The van der Waals surface area contributed by atoms with E-state index in [2.05, 4.69) is 15.9 Å². The topological polar surface area (TPSA) is 46.5 Å². The smallest absolute Gasteiger partial charge is 0.339 e. The lowest BCUT2D eigenvalue weighted by Crippen LogP contribution is -2.05. The van der Waals surface area contributed by atoms with E-state index < -0.39 is 5.97 Å². The van der Waals surface area contributed by atoms with Crippen molar-refractivity contribution in [3.05, 3.63) is 61.5 Å². The molecular formula is C15H11BrCl2O3. The number of carbonyl (C=O) groups is 1. The van der Waals surface area contributed by atoms with Gasteiger partial charge in [-0.25, -0.2) is 4.79 Å². The van der Waals surface area contributed by atoms with Gasteiger partial charge in [-0.05, 0) is 36.8 Å². The van der Waals surface area contributed by atoms with Crippen molar-refractivity contribution in [2.75, 3.05) is 0 Å². The van der Waals surface area contributed by atoms with Crippen molar-refractivity contribution in [3.8, 4) is 5.75 Å². The molecule has 0 spiro atoms. The van der Waals surface area contributed by atoms with E-state index in [4.69, 9.17) is 27.9 Å². The van der Waals surface area contributed by atoms with Gasteiger partial charge in [0.15, 0.2) is 0 Å². The molecule has 0 aromatic heterocycles. The van der Waals surface area contributed by atoms with Crippen LogP contribution in [0.25, 0.3) is 0 Å². The number of carboxylic acid groups (broad SMARTS) is 1. The number of carboxylic acids is 1. The van der Waals surface area contributed by atoms with Crippen molar-refractivity contribution < 1.29 is 14.6 Å². The average Bonchev–Trinajstić information content (AvgIpc) is 2.38. The molecule has 0 bridgehead atoms. The highest BCUT2D eigenvalue weighted by atomic mass is 79.9. The Bertz CT molecular complexity index is 702. The van der Waals surface area contributed by atoms with Gasteiger partial charge >= 0.3 is 5.97 Å². The Labute approximate surface area is 140 Å². The molecule has 0 amide bonds. The second kappa shape index (κ2) is 6.69. The molecule has 2 aromatic rings. The number of ether oxygens (including phenoxy) is 1. The summed E-state index contributed by atoms with van der Waals surface area (Å²) in [5.41, 5.74) is 1.57. The monoisotopic (exact) mass is 388 g/mol. The normalized spacial score (nSPS) is 10.5. The summed E-state index contributed by atoms with van der Waals surface area (Å²) >= 11 is 15.2. The van der Waals surface area contributed by atoms with Crippen LogP contribution in [0.3, 0.4) is 0 Å². The van der Waals surface area contributed by atoms with Gasteiger partial charge in [0.05, 0.1) is 0 Å².